The molecule has 0 aliphatic heterocycles. The molecular formula is C16H23N3O2. The zero-order valence-electron chi connectivity index (χ0n) is 12.4. The van der Waals surface area contributed by atoms with E-state index in [1.165, 1.54) is 19.3 Å². The smallest absolute Gasteiger partial charge is 0.270 e. The van der Waals surface area contributed by atoms with Gasteiger partial charge in [0, 0.05) is 11.7 Å². The van der Waals surface area contributed by atoms with Gasteiger partial charge in [0.15, 0.2) is 0 Å². The molecule has 0 atom stereocenters. The van der Waals surface area contributed by atoms with Crippen LogP contribution in [0.1, 0.15) is 72.6 Å². The Labute approximate surface area is 124 Å². The number of hydrazine groups is 1. The molecule has 0 aromatic carbocycles. The number of carbonyl (C=O) groups is 1. The summed E-state index contributed by atoms with van der Waals surface area (Å²) in [5.41, 5.74) is 4.46. The van der Waals surface area contributed by atoms with Crippen molar-refractivity contribution in [2.75, 3.05) is 0 Å². The topological polar surface area (TPSA) is 77.1 Å². The molecule has 1 fully saturated rings. The summed E-state index contributed by atoms with van der Waals surface area (Å²) in [6.45, 7) is 0. The molecule has 5 heteroatoms. The molecule has 0 radical (unpaired) electrons. The molecule has 0 saturated heterocycles. The van der Waals surface area contributed by atoms with Crippen molar-refractivity contribution in [2.24, 2.45) is 5.84 Å². The highest BCUT2D eigenvalue weighted by molar-refractivity contribution is 5.93. The molecule has 1 amide bonds. The number of rotatable bonds is 2. The molecule has 3 rings (SSSR count). The molecule has 1 heterocycles. The maximum Gasteiger partial charge on any atom is 0.270 e. The average Bonchev–Trinajstić information content (AvgIpc) is 2.54. The largest absolute Gasteiger partial charge is 0.309 e. The second-order valence-electron chi connectivity index (χ2n) is 6.18. The first kappa shape index (κ1) is 14.3. The van der Waals surface area contributed by atoms with Crippen LogP contribution in [-0.4, -0.2) is 10.5 Å². The van der Waals surface area contributed by atoms with E-state index in [4.69, 9.17) is 5.84 Å². The second-order valence-corrected chi connectivity index (χ2v) is 6.18. The third-order valence-electron chi connectivity index (χ3n) is 4.85. The number of fused-ring (bicyclic) bond motifs is 1. The summed E-state index contributed by atoms with van der Waals surface area (Å²) < 4.78 is 1.93. The molecule has 2 aliphatic carbocycles. The number of nitrogens with one attached hydrogen (secondary N) is 1. The Morgan fingerprint density at radius 1 is 1.14 bits per heavy atom. The van der Waals surface area contributed by atoms with Crippen LogP contribution in [0.3, 0.4) is 0 Å². The van der Waals surface area contributed by atoms with Gasteiger partial charge in [-0.2, -0.15) is 0 Å². The van der Waals surface area contributed by atoms with Crippen LogP contribution in [0.5, 0.6) is 0 Å². The fourth-order valence-corrected chi connectivity index (χ4v) is 3.80. The van der Waals surface area contributed by atoms with E-state index in [-0.39, 0.29) is 17.2 Å². The molecule has 2 aliphatic rings. The van der Waals surface area contributed by atoms with Gasteiger partial charge < -0.3 is 4.57 Å². The minimum absolute atomic E-state index is 0.162. The number of nitrogen functional groups attached to an aromatic ring is 1. The lowest BCUT2D eigenvalue weighted by molar-refractivity contribution is 0.0951. The van der Waals surface area contributed by atoms with Crippen LogP contribution in [0.25, 0.3) is 0 Å². The fraction of sp³-hybridized carbons (Fsp3) is 0.625. The van der Waals surface area contributed by atoms with Gasteiger partial charge in [0.25, 0.3) is 11.5 Å². The molecule has 0 bridgehead atoms. The van der Waals surface area contributed by atoms with E-state index in [1.807, 2.05) is 4.57 Å². The average molecular weight is 289 g/mol. The van der Waals surface area contributed by atoms with Crippen molar-refractivity contribution >= 4 is 5.91 Å². The lowest BCUT2D eigenvalue weighted by Crippen LogP contribution is -2.40. The van der Waals surface area contributed by atoms with Gasteiger partial charge in [-0.05, 0) is 50.2 Å². The Kier molecular flexibility index (Phi) is 4.10. The zero-order chi connectivity index (χ0) is 14.8. The highest BCUT2D eigenvalue weighted by atomic mass is 16.2. The first-order chi connectivity index (χ1) is 10.2. The van der Waals surface area contributed by atoms with E-state index in [9.17, 15) is 9.59 Å². The van der Waals surface area contributed by atoms with Crippen LogP contribution < -0.4 is 16.8 Å². The highest BCUT2D eigenvalue weighted by Gasteiger charge is 2.25. The van der Waals surface area contributed by atoms with Gasteiger partial charge in [-0.1, -0.05) is 19.3 Å². The van der Waals surface area contributed by atoms with E-state index in [2.05, 4.69) is 5.43 Å². The Hall–Kier alpha value is -1.62. The van der Waals surface area contributed by atoms with E-state index in [0.29, 0.717) is 0 Å². The van der Waals surface area contributed by atoms with E-state index in [1.54, 1.807) is 6.07 Å². The van der Waals surface area contributed by atoms with Crippen molar-refractivity contribution < 1.29 is 4.79 Å². The van der Waals surface area contributed by atoms with Gasteiger partial charge in [0.05, 0.1) is 0 Å². The first-order valence-corrected chi connectivity index (χ1v) is 8.00. The number of pyridine rings is 1. The summed E-state index contributed by atoms with van der Waals surface area (Å²) in [5.74, 6) is 4.76. The molecule has 21 heavy (non-hydrogen) atoms. The minimum Gasteiger partial charge on any atom is -0.309 e. The van der Waals surface area contributed by atoms with Gasteiger partial charge in [0.1, 0.15) is 5.56 Å². The maximum atomic E-state index is 12.8. The summed E-state index contributed by atoms with van der Waals surface area (Å²) in [4.78, 5) is 24.7. The third-order valence-corrected chi connectivity index (χ3v) is 4.85. The monoisotopic (exact) mass is 289 g/mol. The standard InChI is InChI=1S/C16H23N3O2/c17-18-15(20)13-10-11-6-4-5-9-14(11)19(16(13)21)12-7-2-1-3-8-12/h10,12H,1-9,17H2,(H,18,20). The van der Waals surface area contributed by atoms with E-state index < -0.39 is 5.91 Å². The Morgan fingerprint density at radius 3 is 2.57 bits per heavy atom. The van der Waals surface area contributed by atoms with Crippen LogP contribution >= 0.6 is 0 Å². The molecule has 5 nitrogen and oxygen atoms in total. The van der Waals surface area contributed by atoms with Crippen LogP contribution in [-0.2, 0) is 12.8 Å². The van der Waals surface area contributed by atoms with Crippen LogP contribution in [0.4, 0.5) is 0 Å². The summed E-state index contributed by atoms with van der Waals surface area (Å²) in [5, 5.41) is 0. The van der Waals surface area contributed by atoms with E-state index in [0.717, 1.165) is 49.8 Å². The summed E-state index contributed by atoms with van der Waals surface area (Å²) in [6, 6.07) is 2.02. The molecule has 114 valence electrons. The maximum absolute atomic E-state index is 12.8. The van der Waals surface area contributed by atoms with Crippen molar-refractivity contribution in [3.05, 3.63) is 33.2 Å². The minimum atomic E-state index is -0.474. The predicted molar refractivity (Wildman–Crippen MR) is 81.1 cm³/mol. The van der Waals surface area contributed by atoms with Gasteiger partial charge in [-0.25, -0.2) is 5.84 Å². The normalized spacial score (nSPS) is 19.1. The van der Waals surface area contributed by atoms with Crippen molar-refractivity contribution in [1.82, 2.24) is 9.99 Å². The van der Waals surface area contributed by atoms with Crippen LogP contribution in [0, 0.1) is 0 Å². The van der Waals surface area contributed by atoms with Gasteiger partial charge in [-0.3, -0.25) is 15.0 Å². The Morgan fingerprint density at radius 2 is 1.86 bits per heavy atom. The van der Waals surface area contributed by atoms with Crippen molar-refractivity contribution in [1.29, 1.82) is 0 Å². The molecule has 1 aromatic rings. The quantitative estimate of drug-likeness (QED) is 0.495. The first-order valence-electron chi connectivity index (χ1n) is 8.00. The lowest BCUT2D eigenvalue weighted by Gasteiger charge is -2.30. The van der Waals surface area contributed by atoms with Gasteiger partial charge in [-0.15, -0.1) is 0 Å². The number of hydrogen-bond acceptors (Lipinski definition) is 3. The Balaban J connectivity index is 2.14. The van der Waals surface area contributed by atoms with Crippen LogP contribution in [0.15, 0.2) is 10.9 Å². The predicted octanol–water partition coefficient (Wildman–Crippen LogP) is 1.84. The van der Waals surface area contributed by atoms with E-state index >= 15 is 0 Å². The molecule has 1 saturated carbocycles. The number of carbonyl (C=O) groups excluding carboxylic acids is 1. The number of amides is 1. The fourth-order valence-electron chi connectivity index (χ4n) is 3.80. The molecule has 3 N–H and O–H groups in total. The number of aryl methyl sites for hydroxylation is 1. The zero-order valence-corrected chi connectivity index (χ0v) is 12.4. The number of aromatic nitrogens is 1. The molecule has 1 aromatic heterocycles. The van der Waals surface area contributed by atoms with Crippen molar-refractivity contribution in [2.45, 2.75) is 63.8 Å². The number of hydrogen-bond donors (Lipinski definition) is 2. The van der Waals surface area contributed by atoms with Crippen LogP contribution in [0.2, 0.25) is 0 Å². The summed E-state index contributed by atoms with van der Waals surface area (Å²) in [7, 11) is 0. The molecule has 0 unspecified atom stereocenters. The summed E-state index contributed by atoms with van der Waals surface area (Å²) in [6.07, 6.45) is 9.81. The number of nitrogens with zero attached hydrogens (tertiary/aromatic N) is 1. The van der Waals surface area contributed by atoms with Gasteiger partial charge >= 0.3 is 0 Å². The highest BCUT2D eigenvalue weighted by Crippen LogP contribution is 2.31. The SMILES string of the molecule is NNC(=O)c1cc2c(n(C3CCCCC3)c1=O)CCCC2. The lowest BCUT2D eigenvalue weighted by atomic mass is 9.90. The number of nitrogens with two attached hydrogens (primary N) is 1. The van der Waals surface area contributed by atoms with Crippen molar-refractivity contribution in [3.63, 3.8) is 0 Å². The summed E-state index contributed by atoms with van der Waals surface area (Å²) >= 11 is 0. The molecule has 0 spiro atoms. The third kappa shape index (κ3) is 2.62. The second kappa shape index (κ2) is 6.02. The molecular weight excluding hydrogens is 266 g/mol. The Bertz CT molecular complexity index is 600. The van der Waals surface area contributed by atoms with Gasteiger partial charge in [0.2, 0.25) is 0 Å². The van der Waals surface area contributed by atoms with Crippen molar-refractivity contribution in [3.8, 4) is 0 Å².